The van der Waals surface area contributed by atoms with Crippen LogP contribution in [0.5, 0.6) is 0 Å². The molecule has 3 rings (SSSR count). The van der Waals surface area contributed by atoms with Gasteiger partial charge >= 0.3 is 6.03 Å². The van der Waals surface area contributed by atoms with Gasteiger partial charge in [0, 0.05) is 19.6 Å². The zero-order valence-corrected chi connectivity index (χ0v) is 14.4. The molecule has 2 fully saturated rings. The molecule has 2 amide bonds. The first kappa shape index (κ1) is 17.2. The van der Waals surface area contributed by atoms with Crippen molar-refractivity contribution in [2.45, 2.75) is 51.2 Å². The van der Waals surface area contributed by atoms with Gasteiger partial charge in [-0.2, -0.15) is 0 Å². The zero-order chi connectivity index (χ0) is 16.8. The first-order valence-corrected chi connectivity index (χ1v) is 9.22. The van der Waals surface area contributed by atoms with E-state index in [2.05, 4.69) is 28.4 Å². The van der Waals surface area contributed by atoms with Crippen molar-refractivity contribution in [3.63, 3.8) is 0 Å². The molecule has 0 aliphatic carbocycles. The van der Waals surface area contributed by atoms with Crippen LogP contribution in [0.1, 0.15) is 43.2 Å². The number of aliphatic hydroxyl groups excluding tert-OH is 1. The molecule has 0 spiro atoms. The molecule has 1 atom stereocenters. The van der Waals surface area contributed by atoms with Crippen molar-refractivity contribution in [1.82, 2.24) is 15.1 Å². The normalized spacial score (nSPS) is 21.9. The van der Waals surface area contributed by atoms with E-state index in [-0.39, 0.29) is 18.7 Å². The maximum absolute atomic E-state index is 12.4. The van der Waals surface area contributed by atoms with Gasteiger partial charge in [0.2, 0.25) is 0 Å². The zero-order valence-electron chi connectivity index (χ0n) is 14.4. The topological polar surface area (TPSA) is 55.8 Å². The molecule has 132 valence electrons. The van der Waals surface area contributed by atoms with Crippen LogP contribution in [-0.2, 0) is 13.1 Å². The van der Waals surface area contributed by atoms with Gasteiger partial charge in [0.15, 0.2) is 0 Å². The molecule has 0 saturated carbocycles. The Balaban J connectivity index is 1.57. The Morgan fingerprint density at radius 1 is 1.08 bits per heavy atom. The molecule has 1 aromatic carbocycles. The number of carbonyl (C=O) groups is 1. The van der Waals surface area contributed by atoms with Gasteiger partial charge in [0.1, 0.15) is 0 Å². The summed E-state index contributed by atoms with van der Waals surface area (Å²) < 4.78 is 0. The van der Waals surface area contributed by atoms with Crippen LogP contribution in [0.25, 0.3) is 0 Å². The molecule has 0 aromatic heterocycles. The Labute approximate surface area is 144 Å². The fourth-order valence-electron chi connectivity index (χ4n) is 3.81. The van der Waals surface area contributed by atoms with E-state index in [1.54, 1.807) is 4.90 Å². The number of urea groups is 1. The SMILES string of the molecule is O=C(NCc1ccccc1CN1CCCCC1)N1CCCC1CO. The van der Waals surface area contributed by atoms with E-state index in [9.17, 15) is 9.90 Å². The van der Waals surface area contributed by atoms with Gasteiger partial charge in [-0.05, 0) is 49.9 Å². The van der Waals surface area contributed by atoms with Crippen LogP contribution in [0.4, 0.5) is 4.79 Å². The number of aliphatic hydroxyl groups is 1. The smallest absolute Gasteiger partial charge is 0.317 e. The molecule has 0 radical (unpaired) electrons. The van der Waals surface area contributed by atoms with Gasteiger partial charge in [-0.15, -0.1) is 0 Å². The standard InChI is InChI=1S/C19H29N3O2/c23-15-18-9-6-12-22(18)19(24)20-13-16-7-2-3-8-17(16)14-21-10-4-1-5-11-21/h2-3,7-8,18,23H,1,4-6,9-15H2,(H,20,24). The Morgan fingerprint density at radius 2 is 1.83 bits per heavy atom. The van der Waals surface area contributed by atoms with Crippen LogP contribution in [0.2, 0.25) is 0 Å². The third-order valence-corrected chi connectivity index (χ3v) is 5.24. The number of rotatable bonds is 5. The number of amides is 2. The number of benzene rings is 1. The first-order chi connectivity index (χ1) is 11.8. The number of likely N-dealkylation sites (tertiary alicyclic amines) is 2. The molecule has 2 aliphatic heterocycles. The highest BCUT2D eigenvalue weighted by Crippen LogP contribution is 2.18. The van der Waals surface area contributed by atoms with E-state index >= 15 is 0 Å². The van der Waals surface area contributed by atoms with Gasteiger partial charge in [-0.25, -0.2) is 4.79 Å². The van der Waals surface area contributed by atoms with Crippen molar-refractivity contribution in [1.29, 1.82) is 0 Å². The number of carbonyl (C=O) groups excluding carboxylic acids is 1. The predicted molar refractivity (Wildman–Crippen MR) is 94.6 cm³/mol. The highest BCUT2D eigenvalue weighted by Gasteiger charge is 2.27. The van der Waals surface area contributed by atoms with E-state index < -0.39 is 0 Å². The van der Waals surface area contributed by atoms with Crippen LogP contribution >= 0.6 is 0 Å². The summed E-state index contributed by atoms with van der Waals surface area (Å²) in [7, 11) is 0. The second-order valence-electron chi connectivity index (χ2n) is 6.94. The summed E-state index contributed by atoms with van der Waals surface area (Å²) in [6, 6.07) is 8.31. The molecule has 2 heterocycles. The Morgan fingerprint density at radius 3 is 2.58 bits per heavy atom. The molecule has 5 nitrogen and oxygen atoms in total. The van der Waals surface area contributed by atoms with Crippen LogP contribution < -0.4 is 5.32 Å². The lowest BCUT2D eigenvalue weighted by molar-refractivity contribution is 0.157. The quantitative estimate of drug-likeness (QED) is 0.871. The molecular weight excluding hydrogens is 302 g/mol. The summed E-state index contributed by atoms with van der Waals surface area (Å²) in [5.41, 5.74) is 2.50. The minimum Gasteiger partial charge on any atom is -0.394 e. The monoisotopic (exact) mass is 331 g/mol. The second-order valence-corrected chi connectivity index (χ2v) is 6.94. The Hall–Kier alpha value is -1.59. The second kappa shape index (κ2) is 8.49. The fourth-order valence-corrected chi connectivity index (χ4v) is 3.81. The van der Waals surface area contributed by atoms with E-state index in [0.717, 1.165) is 25.9 Å². The molecule has 2 saturated heterocycles. The van der Waals surface area contributed by atoms with Crippen molar-refractivity contribution < 1.29 is 9.90 Å². The predicted octanol–water partition coefficient (Wildman–Crippen LogP) is 2.34. The average molecular weight is 331 g/mol. The molecular formula is C19H29N3O2. The average Bonchev–Trinajstić information content (AvgIpc) is 3.10. The summed E-state index contributed by atoms with van der Waals surface area (Å²) in [6.45, 7) is 4.66. The summed E-state index contributed by atoms with van der Waals surface area (Å²) in [4.78, 5) is 16.7. The maximum Gasteiger partial charge on any atom is 0.317 e. The molecule has 1 aromatic rings. The fraction of sp³-hybridized carbons (Fsp3) is 0.632. The minimum absolute atomic E-state index is 0.0198. The number of nitrogens with zero attached hydrogens (tertiary/aromatic N) is 2. The van der Waals surface area contributed by atoms with Gasteiger partial charge in [0.25, 0.3) is 0 Å². The van der Waals surface area contributed by atoms with Crippen molar-refractivity contribution in [3.05, 3.63) is 35.4 Å². The third kappa shape index (κ3) is 4.28. The van der Waals surface area contributed by atoms with E-state index in [1.807, 2.05) is 6.07 Å². The number of piperidine rings is 1. The summed E-state index contributed by atoms with van der Waals surface area (Å²) in [5, 5.41) is 12.4. The van der Waals surface area contributed by atoms with Crippen LogP contribution in [0.3, 0.4) is 0 Å². The molecule has 1 unspecified atom stereocenters. The van der Waals surface area contributed by atoms with Crippen LogP contribution in [-0.4, -0.2) is 53.2 Å². The van der Waals surface area contributed by atoms with E-state index in [1.165, 1.54) is 43.5 Å². The summed E-state index contributed by atoms with van der Waals surface area (Å²) in [5.74, 6) is 0. The molecule has 2 aliphatic rings. The van der Waals surface area contributed by atoms with Crippen molar-refractivity contribution in [2.75, 3.05) is 26.2 Å². The Kier molecular flexibility index (Phi) is 6.10. The van der Waals surface area contributed by atoms with Gasteiger partial charge in [-0.1, -0.05) is 30.7 Å². The van der Waals surface area contributed by atoms with Crippen LogP contribution in [0, 0.1) is 0 Å². The van der Waals surface area contributed by atoms with Crippen molar-refractivity contribution in [2.24, 2.45) is 0 Å². The van der Waals surface area contributed by atoms with Crippen LogP contribution in [0.15, 0.2) is 24.3 Å². The first-order valence-electron chi connectivity index (χ1n) is 9.22. The molecule has 2 N–H and O–H groups in total. The van der Waals surface area contributed by atoms with Gasteiger partial charge < -0.3 is 15.3 Å². The summed E-state index contributed by atoms with van der Waals surface area (Å²) in [6.07, 6.45) is 5.79. The van der Waals surface area contributed by atoms with Gasteiger partial charge in [-0.3, -0.25) is 4.90 Å². The number of nitrogens with one attached hydrogen (secondary N) is 1. The lowest BCUT2D eigenvalue weighted by Crippen LogP contribution is -2.44. The van der Waals surface area contributed by atoms with Crippen molar-refractivity contribution >= 4 is 6.03 Å². The lowest BCUT2D eigenvalue weighted by atomic mass is 10.0. The Bertz CT molecular complexity index is 543. The molecule has 0 bridgehead atoms. The number of hydrogen-bond acceptors (Lipinski definition) is 3. The maximum atomic E-state index is 12.4. The largest absolute Gasteiger partial charge is 0.394 e. The van der Waals surface area contributed by atoms with E-state index in [0.29, 0.717) is 6.54 Å². The van der Waals surface area contributed by atoms with Gasteiger partial charge in [0.05, 0.1) is 12.6 Å². The lowest BCUT2D eigenvalue weighted by Gasteiger charge is -2.27. The minimum atomic E-state index is -0.0562. The van der Waals surface area contributed by atoms with Crippen molar-refractivity contribution in [3.8, 4) is 0 Å². The molecule has 5 heteroatoms. The third-order valence-electron chi connectivity index (χ3n) is 5.24. The summed E-state index contributed by atoms with van der Waals surface area (Å²) >= 11 is 0. The highest BCUT2D eigenvalue weighted by molar-refractivity contribution is 5.74. The van der Waals surface area contributed by atoms with E-state index in [4.69, 9.17) is 0 Å². The molecule has 24 heavy (non-hydrogen) atoms. The number of hydrogen-bond donors (Lipinski definition) is 2. The highest BCUT2D eigenvalue weighted by atomic mass is 16.3.